The first-order valence-electron chi connectivity index (χ1n) is 10.3. The summed E-state index contributed by atoms with van der Waals surface area (Å²) in [5, 5.41) is 0. The predicted octanol–water partition coefficient (Wildman–Crippen LogP) is 4.43. The van der Waals surface area contributed by atoms with Gasteiger partial charge in [0.2, 0.25) is 0 Å². The van der Waals surface area contributed by atoms with Crippen LogP contribution in [0.3, 0.4) is 0 Å². The first-order chi connectivity index (χ1) is 13.0. The van der Waals surface area contributed by atoms with Crippen molar-refractivity contribution < 1.29 is 21.9 Å². The minimum absolute atomic E-state index is 0.0749. The van der Waals surface area contributed by atoms with Gasteiger partial charge in [-0.25, -0.2) is 4.18 Å². The fourth-order valence-corrected chi connectivity index (χ4v) is 7.62. The van der Waals surface area contributed by atoms with Crippen LogP contribution in [0, 0.1) is 28.6 Å². The molecule has 28 heavy (non-hydrogen) atoms. The van der Waals surface area contributed by atoms with Crippen molar-refractivity contribution in [1.29, 1.82) is 0 Å². The molecule has 0 bridgehead atoms. The van der Waals surface area contributed by atoms with Gasteiger partial charge in [-0.05, 0) is 92.4 Å². The lowest BCUT2D eigenvalue weighted by Crippen LogP contribution is -2.52. The highest BCUT2D eigenvalue weighted by molar-refractivity contribution is 7.80. The summed E-state index contributed by atoms with van der Waals surface area (Å²) in [6.07, 6.45) is 9.60. The summed E-state index contributed by atoms with van der Waals surface area (Å²) in [5.41, 5.74) is 3.15. The van der Waals surface area contributed by atoms with Gasteiger partial charge in [0.1, 0.15) is 0 Å². The van der Waals surface area contributed by atoms with Crippen LogP contribution in [0.15, 0.2) is 34.9 Å². The van der Waals surface area contributed by atoms with Crippen LogP contribution in [-0.4, -0.2) is 24.9 Å². The number of fused-ring (bicyclic) bond motifs is 5. The third-order valence-electron chi connectivity index (χ3n) is 8.50. The van der Waals surface area contributed by atoms with Crippen molar-refractivity contribution in [3.05, 3.63) is 34.9 Å². The predicted molar refractivity (Wildman–Crippen MR) is 107 cm³/mol. The molecule has 5 nitrogen and oxygen atoms in total. The molecule has 0 aliphatic heterocycles. The Morgan fingerprint density at radius 1 is 1.18 bits per heavy atom. The normalized spacial score (nSPS) is 44.5. The van der Waals surface area contributed by atoms with Crippen LogP contribution in [0.25, 0.3) is 0 Å². The molecule has 0 aromatic heterocycles. The van der Waals surface area contributed by atoms with E-state index in [2.05, 4.69) is 26.8 Å². The molecule has 0 heterocycles. The van der Waals surface area contributed by atoms with E-state index in [1.54, 1.807) is 6.08 Å². The highest BCUT2D eigenvalue weighted by Crippen LogP contribution is 2.67. The standard InChI is InChI=1S/C22H30O5S/c1-5-14-11-16-17-6-7-20(27-28(24,25)26)21(17,3)9-8-18(16)22(4)13(2)10-15(23)12-19(14)22/h5,10,12,16-18,20H,6-9,11H2,1-4H3,(H,24,25,26)/t16-,17-,18-,20-,21-,22+/m0/s1. The topological polar surface area (TPSA) is 80.7 Å². The molecule has 3 saturated carbocycles. The summed E-state index contributed by atoms with van der Waals surface area (Å²) in [7, 11) is -4.45. The number of rotatable bonds is 2. The minimum Gasteiger partial charge on any atom is -0.290 e. The summed E-state index contributed by atoms with van der Waals surface area (Å²) in [5.74, 6) is 1.26. The van der Waals surface area contributed by atoms with Crippen molar-refractivity contribution in [1.82, 2.24) is 0 Å². The molecule has 6 atom stereocenters. The maximum absolute atomic E-state index is 12.2. The molecule has 0 amide bonds. The van der Waals surface area contributed by atoms with E-state index in [-0.39, 0.29) is 16.6 Å². The third-order valence-corrected chi connectivity index (χ3v) is 8.98. The Morgan fingerprint density at radius 2 is 1.89 bits per heavy atom. The number of hydrogen-bond donors (Lipinski definition) is 1. The van der Waals surface area contributed by atoms with Crippen LogP contribution < -0.4 is 0 Å². The lowest BCUT2D eigenvalue weighted by Gasteiger charge is -2.58. The Bertz CT molecular complexity index is 911. The zero-order valence-electron chi connectivity index (χ0n) is 17.1. The second-order valence-electron chi connectivity index (χ2n) is 9.52. The average molecular weight is 407 g/mol. The van der Waals surface area contributed by atoms with Crippen molar-refractivity contribution in [3.8, 4) is 0 Å². The van der Waals surface area contributed by atoms with E-state index in [1.165, 1.54) is 11.1 Å². The molecule has 3 fully saturated rings. The van der Waals surface area contributed by atoms with Gasteiger partial charge < -0.3 is 0 Å². The van der Waals surface area contributed by atoms with E-state index in [4.69, 9.17) is 4.18 Å². The second kappa shape index (κ2) is 6.38. The zero-order chi connectivity index (χ0) is 20.5. The van der Waals surface area contributed by atoms with Gasteiger partial charge in [0.15, 0.2) is 5.78 Å². The van der Waals surface area contributed by atoms with Crippen molar-refractivity contribution in [2.45, 2.75) is 65.9 Å². The number of carbonyl (C=O) groups excluding carboxylic acids is 1. The molecule has 154 valence electrons. The monoisotopic (exact) mass is 406 g/mol. The molecule has 1 N–H and O–H groups in total. The first-order valence-corrected chi connectivity index (χ1v) is 11.6. The zero-order valence-corrected chi connectivity index (χ0v) is 17.9. The first kappa shape index (κ1) is 20.0. The van der Waals surface area contributed by atoms with E-state index in [0.717, 1.165) is 31.3 Å². The van der Waals surface area contributed by atoms with Gasteiger partial charge in [0.25, 0.3) is 0 Å². The van der Waals surface area contributed by atoms with Crippen LogP contribution in [0.1, 0.15) is 59.8 Å². The lowest BCUT2D eigenvalue weighted by atomic mass is 9.46. The van der Waals surface area contributed by atoms with Crippen molar-refractivity contribution in [3.63, 3.8) is 0 Å². The molecule has 4 aliphatic rings. The summed E-state index contributed by atoms with van der Waals surface area (Å²) in [4.78, 5) is 12.2. The summed E-state index contributed by atoms with van der Waals surface area (Å²) in [6, 6.07) is 0. The molecule has 4 aliphatic carbocycles. The molecule has 0 aromatic carbocycles. The molecule has 0 unspecified atom stereocenters. The fraction of sp³-hybridized carbons (Fsp3) is 0.682. The summed E-state index contributed by atoms with van der Waals surface area (Å²) < 4.78 is 37.1. The Hall–Kier alpha value is -1.24. The van der Waals surface area contributed by atoms with Gasteiger partial charge in [0.05, 0.1) is 6.10 Å². The third kappa shape index (κ3) is 2.79. The van der Waals surface area contributed by atoms with Crippen LogP contribution >= 0.6 is 0 Å². The van der Waals surface area contributed by atoms with Gasteiger partial charge >= 0.3 is 10.4 Å². The molecule has 0 saturated heterocycles. The van der Waals surface area contributed by atoms with Gasteiger partial charge in [-0.1, -0.05) is 25.5 Å². The van der Waals surface area contributed by atoms with Gasteiger partial charge in [-0.15, -0.1) is 0 Å². The quantitative estimate of drug-likeness (QED) is 0.686. The maximum atomic E-state index is 12.2. The minimum atomic E-state index is -4.45. The molecular formula is C22H30O5S. The number of hydrogen-bond acceptors (Lipinski definition) is 4. The summed E-state index contributed by atoms with van der Waals surface area (Å²) in [6.45, 7) is 8.53. The van der Waals surface area contributed by atoms with Crippen molar-refractivity contribution >= 4 is 16.2 Å². The van der Waals surface area contributed by atoms with E-state index in [0.29, 0.717) is 24.2 Å². The SMILES string of the molecule is CC=C1C[C@@H]2[C@H](CC[C@]3(C)[C@@H](OS(=O)(=O)O)CC[C@@H]23)[C@@]2(C)C(C)=CC(=O)C=C12. The molecular weight excluding hydrogens is 376 g/mol. The lowest BCUT2D eigenvalue weighted by molar-refractivity contribution is -0.111. The molecule has 4 rings (SSSR count). The average Bonchev–Trinajstić information content (AvgIpc) is 2.91. The highest BCUT2D eigenvalue weighted by Gasteiger charge is 2.61. The Balaban J connectivity index is 1.74. The maximum Gasteiger partial charge on any atom is 0.397 e. The van der Waals surface area contributed by atoms with Gasteiger partial charge in [-0.3, -0.25) is 9.35 Å². The molecule has 6 heteroatoms. The van der Waals surface area contributed by atoms with Crippen LogP contribution in [0.5, 0.6) is 0 Å². The molecule has 0 spiro atoms. The number of carbonyl (C=O) groups is 1. The van der Waals surface area contributed by atoms with E-state index >= 15 is 0 Å². The molecule has 0 radical (unpaired) electrons. The second-order valence-corrected chi connectivity index (χ2v) is 10.6. The number of allylic oxidation sites excluding steroid dienone is 6. The van der Waals surface area contributed by atoms with Gasteiger partial charge in [-0.2, -0.15) is 8.42 Å². The largest absolute Gasteiger partial charge is 0.397 e. The van der Waals surface area contributed by atoms with Crippen molar-refractivity contribution in [2.75, 3.05) is 0 Å². The van der Waals surface area contributed by atoms with Crippen molar-refractivity contribution in [2.24, 2.45) is 28.6 Å². The summed E-state index contributed by atoms with van der Waals surface area (Å²) >= 11 is 0. The van der Waals surface area contributed by atoms with Crippen LogP contribution in [-0.2, 0) is 19.4 Å². The van der Waals surface area contributed by atoms with Crippen LogP contribution in [0.4, 0.5) is 0 Å². The van der Waals surface area contributed by atoms with Crippen LogP contribution in [0.2, 0.25) is 0 Å². The Kier molecular flexibility index (Phi) is 4.57. The molecule has 0 aromatic rings. The number of ketones is 1. The smallest absolute Gasteiger partial charge is 0.290 e. The van der Waals surface area contributed by atoms with Gasteiger partial charge in [0, 0.05) is 5.41 Å². The van der Waals surface area contributed by atoms with E-state index in [1.807, 2.05) is 13.0 Å². The van der Waals surface area contributed by atoms with E-state index < -0.39 is 16.5 Å². The highest BCUT2D eigenvalue weighted by atomic mass is 32.3. The van der Waals surface area contributed by atoms with E-state index in [9.17, 15) is 17.8 Å². The Morgan fingerprint density at radius 3 is 2.54 bits per heavy atom. The Labute approximate surface area is 167 Å². The fourth-order valence-electron chi connectivity index (χ4n) is 7.01.